The number of carbonyl (C=O) groups excluding carboxylic acids is 1. The Morgan fingerprint density at radius 3 is 2.68 bits per heavy atom. The van der Waals surface area contributed by atoms with Crippen molar-refractivity contribution in [2.24, 2.45) is 0 Å². The molecule has 0 radical (unpaired) electrons. The van der Waals surface area contributed by atoms with Crippen molar-refractivity contribution in [1.82, 2.24) is 19.7 Å². The number of benzene rings is 3. The highest BCUT2D eigenvalue weighted by Crippen LogP contribution is 2.33. The first-order valence-corrected chi connectivity index (χ1v) is 12.2. The maximum absolute atomic E-state index is 11.8. The molecule has 2 aromatic heterocycles. The van der Waals surface area contributed by atoms with Crippen LogP contribution in [0.3, 0.4) is 0 Å². The number of carboxylic acid groups (broad SMARTS) is 1. The number of nitrogen functional groups attached to an aromatic ring is 1. The van der Waals surface area contributed by atoms with Crippen LogP contribution in [0.15, 0.2) is 60.8 Å². The van der Waals surface area contributed by atoms with Gasteiger partial charge in [-0.1, -0.05) is 25.5 Å². The molecular weight excluding hydrogens is 484 g/mol. The molecule has 5 aromatic rings. The van der Waals surface area contributed by atoms with Crippen molar-refractivity contribution < 1.29 is 19.4 Å². The van der Waals surface area contributed by atoms with Gasteiger partial charge in [0.15, 0.2) is 5.82 Å². The number of rotatable bonds is 7. The zero-order valence-corrected chi connectivity index (χ0v) is 20.9. The Morgan fingerprint density at radius 2 is 1.95 bits per heavy atom. The third-order valence-corrected chi connectivity index (χ3v) is 6.06. The fourth-order valence-electron chi connectivity index (χ4n) is 4.40. The third-order valence-electron chi connectivity index (χ3n) is 6.06. The molecule has 0 bridgehead atoms. The molecule has 0 saturated heterocycles. The van der Waals surface area contributed by atoms with Crippen LogP contribution in [-0.2, 0) is 11.2 Å². The first-order chi connectivity index (χ1) is 18.3. The van der Waals surface area contributed by atoms with Crippen LogP contribution in [0.4, 0.5) is 22.0 Å². The van der Waals surface area contributed by atoms with E-state index in [1.165, 1.54) is 6.92 Å². The van der Waals surface area contributed by atoms with E-state index in [1.807, 2.05) is 24.3 Å². The zero-order valence-electron chi connectivity index (χ0n) is 20.9. The normalized spacial score (nSPS) is 11.1. The van der Waals surface area contributed by atoms with E-state index >= 15 is 0 Å². The molecule has 10 nitrogen and oxygen atoms in total. The van der Waals surface area contributed by atoms with Crippen LogP contribution >= 0.6 is 0 Å². The van der Waals surface area contributed by atoms with Crippen molar-refractivity contribution in [3.8, 4) is 17.1 Å². The fourth-order valence-corrected chi connectivity index (χ4v) is 4.40. The molecule has 38 heavy (non-hydrogen) atoms. The van der Waals surface area contributed by atoms with Gasteiger partial charge in [-0.2, -0.15) is 9.78 Å². The number of hydrogen-bond acceptors (Lipinski definition) is 8. The molecule has 192 valence electrons. The molecular formula is C28H26N6O4. The minimum Gasteiger partial charge on any atom is -0.463 e. The summed E-state index contributed by atoms with van der Waals surface area (Å²) in [5, 5.41) is 18.4. The highest BCUT2D eigenvalue weighted by atomic mass is 16.5. The maximum Gasteiger partial charge on any atom is 0.432 e. The van der Waals surface area contributed by atoms with E-state index in [-0.39, 0.29) is 0 Å². The van der Waals surface area contributed by atoms with Crippen molar-refractivity contribution in [3.05, 3.63) is 66.4 Å². The van der Waals surface area contributed by atoms with Gasteiger partial charge in [-0.3, -0.25) is 4.79 Å². The largest absolute Gasteiger partial charge is 0.463 e. The average molecular weight is 511 g/mol. The minimum absolute atomic E-state index is 0.371. The first-order valence-electron chi connectivity index (χ1n) is 12.2. The number of ether oxygens (including phenoxy) is 1. The summed E-state index contributed by atoms with van der Waals surface area (Å²) in [6.07, 6.45) is 2.95. The lowest BCUT2D eigenvalue weighted by atomic mass is 10.0. The molecule has 0 aliphatic rings. The van der Waals surface area contributed by atoms with Crippen molar-refractivity contribution in [2.75, 3.05) is 11.1 Å². The van der Waals surface area contributed by atoms with E-state index in [1.54, 1.807) is 36.5 Å². The number of nitrogens with two attached hydrogens (primary N) is 1. The molecule has 10 heteroatoms. The quantitative estimate of drug-likeness (QED) is 0.141. The van der Waals surface area contributed by atoms with Crippen LogP contribution in [-0.4, -0.2) is 36.9 Å². The molecule has 3 aromatic carbocycles. The predicted octanol–water partition coefficient (Wildman–Crippen LogP) is 5.77. The summed E-state index contributed by atoms with van der Waals surface area (Å²) < 4.78 is 6.31. The zero-order chi connectivity index (χ0) is 26.8. The molecule has 0 saturated carbocycles. The molecule has 0 fully saturated rings. The smallest absolute Gasteiger partial charge is 0.432 e. The van der Waals surface area contributed by atoms with Crippen LogP contribution in [0.25, 0.3) is 33.2 Å². The predicted molar refractivity (Wildman–Crippen MR) is 146 cm³/mol. The van der Waals surface area contributed by atoms with Crippen LogP contribution in [0, 0.1) is 0 Å². The van der Waals surface area contributed by atoms with E-state index in [2.05, 4.69) is 17.3 Å². The summed E-state index contributed by atoms with van der Waals surface area (Å²) in [5.74, 6) is 0.902. The average Bonchev–Trinajstić information content (AvgIpc) is 3.31. The summed E-state index contributed by atoms with van der Waals surface area (Å²) in [5.41, 5.74) is 10.1. The van der Waals surface area contributed by atoms with Gasteiger partial charge >= 0.3 is 12.1 Å². The molecule has 0 unspecified atom stereocenters. The number of hydrogen-bond donors (Lipinski definition) is 3. The van der Waals surface area contributed by atoms with Gasteiger partial charge in [-0.25, -0.2) is 14.8 Å². The van der Waals surface area contributed by atoms with Gasteiger partial charge in [0, 0.05) is 34.6 Å². The van der Waals surface area contributed by atoms with Crippen molar-refractivity contribution in [3.63, 3.8) is 0 Å². The van der Waals surface area contributed by atoms with E-state index in [9.17, 15) is 14.7 Å². The Labute approximate surface area is 218 Å². The summed E-state index contributed by atoms with van der Waals surface area (Å²) in [7, 11) is 0. The molecule has 0 aliphatic heterocycles. The number of aromatic nitrogens is 4. The second kappa shape index (κ2) is 10.2. The van der Waals surface area contributed by atoms with Gasteiger partial charge in [0.1, 0.15) is 11.6 Å². The lowest BCUT2D eigenvalue weighted by Crippen LogP contribution is -2.10. The van der Waals surface area contributed by atoms with Crippen molar-refractivity contribution in [1.29, 1.82) is 0 Å². The Morgan fingerprint density at radius 1 is 1.11 bits per heavy atom. The minimum atomic E-state index is -1.13. The molecule has 0 spiro atoms. The third kappa shape index (κ3) is 4.96. The molecule has 0 atom stereocenters. The van der Waals surface area contributed by atoms with Crippen LogP contribution in [0.5, 0.6) is 5.75 Å². The van der Waals surface area contributed by atoms with E-state index in [4.69, 9.17) is 20.4 Å². The van der Waals surface area contributed by atoms with E-state index in [0.717, 1.165) is 28.7 Å². The van der Waals surface area contributed by atoms with Gasteiger partial charge in [0.05, 0.1) is 17.2 Å². The maximum atomic E-state index is 11.8. The Balaban J connectivity index is 1.67. The number of anilines is 3. The molecule has 2 heterocycles. The van der Waals surface area contributed by atoms with Gasteiger partial charge in [0.2, 0.25) is 0 Å². The van der Waals surface area contributed by atoms with Crippen LogP contribution in [0.2, 0.25) is 0 Å². The number of carbonyl (C=O) groups is 2. The Hall–Kier alpha value is -4.99. The topological polar surface area (TPSA) is 145 Å². The molecule has 5 rings (SSSR count). The number of nitrogens with one attached hydrogen (secondary N) is 1. The second-order valence-corrected chi connectivity index (χ2v) is 8.93. The fraction of sp³-hybridized carbons (Fsp3) is 0.179. The van der Waals surface area contributed by atoms with E-state index < -0.39 is 12.1 Å². The number of aryl methyl sites for hydroxylation is 1. The van der Waals surface area contributed by atoms with Crippen molar-refractivity contribution >= 4 is 51.1 Å². The summed E-state index contributed by atoms with van der Waals surface area (Å²) in [4.78, 5) is 32.8. The highest BCUT2D eigenvalue weighted by molar-refractivity contribution is 5.96. The highest BCUT2D eigenvalue weighted by Gasteiger charge is 2.17. The van der Waals surface area contributed by atoms with Crippen LogP contribution < -0.4 is 15.8 Å². The lowest BCUT2D eigenvalue weighted by molar-refractivity contribution is -0.131. The Kier molecular flexibility index (Phi) is 6.61. The summed E-state index contributed by atoms with van der Waals surface area (Å²) in [6.45, 7) is 3.42. The molecule has 0 aliphatic carbocycles. The van der Waals surface area contributed by atoms with Gasteiger partial charge in [-0.15, -0.1) is 0 Å². The van der Waals surface area contributed by atoms with Gasteiger partial charge in [0.25, 0.3) is 0 Å². The second-order valence-electron chi connectivity index (χ2n) is 8.93. The molecule has 4 N–H and O–H groups in total. The number of esters is 1. The molecule has 0 amide bonds. The summed E-state index contributed by atoms with van der Waals surface area (Å²) >= 11 is 0. The van der Waals surface area contributed by atoms with Gasteiger partial charge < -0.3 is 20.9 Å². The van der Waals surface area contributed by atoms with Crippen LogP contribution in [0.1, 0.15) is 32.3 Å². The SMILES string of the molecule is CCCCc1cc(Nc2nc(-c3cccc(N)c3)nc3ccc(OC(C)=O)cc23)cc2cnn(C(=O)O)c12. The van der Waals surface area contributed by atoms with E-state index in [0.29, 0.717) is 57.0 Å². The van der Waals surface area contributed by atoms with Gasteiger partial charge in [-0.05, 0) is 60.9 Å². The Bertz CT molecular complexity index is 1690. The lowest BCUT2D eigenvalue weighted by Gasteiger charge is -2.14. The standard InChI is InChI=1S/C28H26N6O4/c1-3-4-6-17-12-21(13-19-15-30-34(25(17)19)28(36)37)31-27-23-14-22(38-16(2)35)9-10-24(23)32-26(33-27)18-7-5-8-20(29)11-18/h5,7-15H,3-4,6,29H2,1-2H3,(H,36,37)(H,31,32,33). The number of unbranched alkanes of at least 4 members (excludes halogenated alkanes) is 1. The number of nitrogens with zero attached hydrogens (tertiary/aromatic N) is 4. The first kappa shape index (κ1) is 24.7. The van der Waals surface area contributed by atoms with Crippen molar-refractivity contribution in [2.45, 2.75) is 33.1 Å². The summed E-state index contributed by atoms with van der Waals surface area (Å²) in [6, 6.07) is 16.2. The monoisotopic (exact) mass is 510 g/mol. The number of fused-ring (bicyclic) bond motifs is 2.